The van der Waals surface area contributed by atoms with Crippen molar-refractivity contribution in [2.75, 3.05) is 7.11 Å². The van der Waals surface area contributed by atoms with Gasteiger partial charge in [-0.3, -0.25) is 9.59 Å². The lowest BCUT2D eigenvalue weighted by molar-refractivity contribution is -0.143. The molecule has 1 aromatic rings. The van der Waals surface area contributed by atoms with Crippen LogP contribution in [0, 0.1) is 17.2 Å². The number of carbonyl (C=O) groups excluding carboxylic acids is 2. The minimum Gasteiger partial charge on any atom is -0.469 e. The van der Waals surface area contributed by atoms with E-state index < -0.39 is 23.8 Å². The van der Waals surface area contributed by atoms with Crippen LogP contribution in [0.4, 0.5) is 0 Å². The van der Waals surface area contributed by atoms with Crippen molar-refractivity contribution in [2.45, 2.75) is 12.3 Å². The molecule has 0 bridgehead atoms. The van der Waals surface area contributed by atoms with Crippen molar-refractivity contribution in [3.05, 3.63) is 29.8 Å². The standard InChI is InChI=1S/C13H11NO4/c1-17-12(15)6-9-8-4-2-3-5-11(8)18-13(16)10(9)7-14/h2-5,9-10H,6H2,1H3. The molecule has 0 amide bonds. The number of nitriles is 1. The molecule has 92 valence electrons. The van der Waals surface area contributed by atoms with Crippen LogP contribution in [0.1, 0.15) is 17.9 Å². The van der Waals surface area contributed by atoms with Crippen LogP contribution >= 0.6 is 0 Å². The van der Waals surface area contributed by atoms with Crippen molar-refractivity contribution in [3.8, 4) is 11.8 Å². The topological polar surface area (TPSA) is 76.4 Å². The molecule has 0 saturated heterocycles. The van der Waals surface area contributed by atoms with Gasteiger partial charge in [-0.25, -0.2) is 0 Å². The van der Waals surface area contributed by atoms with Gasteiger partial charge in [-0.05, 0) is 6.07 Å². The van der Waals surface area contributed by atoms with Crippen LogP contribution in [0.15, 0.2) is 24.3 Å². The zero-order valence-electron chi connectivity index (χ0n) is 9.75. The molecule has 2 rings (SSSR count). The number of rotatable bonds is 2. The first-order chi connectivity index (χ1) is 8.67. The Morgan fingerprint density at radius 1 is 1.50 bits per heavy atom. The Morgan fingerprint density at radius 2 is 2.22 bits per heavy atom. The minimum absolute atomic E-state index is 0.0131. The molecule has 0 N–H and O–H groups in total. The van der Waals surface area contributed by atoms with E-state index in [2.05, 4.69) is 4.74 Å². The number of nitrogens with zero attached hydrogens (tertiary/aromatic N) is 1. The number of ether oxygens (including phenoxy) is 2. The molecule has 0 aliphatic carbocycles. The summed E-state index contributed by atoms with van der Waals surface area (Å²) in [5.41, 5.74) is 0.689. The number of carbonyl (C=O) groups is 2. The molecule has 2 atom stereocenters. The van der Waals surface area contributed by atoms with Crippen LogP contribution in [-0.2, 0) is 14.3 Å². The number of esters is 2. The molecule has 1 aromatic carbocycles. The minimum atomic E-state index is -0.973. The highest BCUT2D eigenvalue weighted by molar-refractivity contribution is 5.83. The maximum Gasteiger partial charge on any atom is 0.329 e. The Kier molecular flexibility index (Phi) is 3.28. The van der Waals surface area contributed by atoms with E-state index in [4.69, 9.17) is 10.00 Å². The summed E-state index contributed by atoms with van der Waals surface area (Å²) >= 11 is 0. The molecule has 5 nitrogen and oxygen atoms in total. The van der Waals surface area contributed by atoms with E-state index in [-0.39, 0.29) is 6.42 Å². The highest BCUT2D eigenvalue weighted by Crippen LogP contribution is 2.39. The second kappa shape index (κ2) is 4.88. The van der Waals surface area contributed by atoms with Crippen LogP contribution in [-0.4, -0.2) is 19.0 Å². The van der Waals surface area contributed by atoms with Gasteiger partial charge in [0.15, 0.2) is 5.92 Å². The third-order valence-corrected chi connectivity index (χ3v) is 2.94. The van der Waals surface area contributed by atoms with Gasteiger partial charge in [0.2, 0.25) is 0 Å². The third kappa shape index (κ3) is 2.05. The van der Waals surface area contributed by atoms with Crippen molar-refractivity contribution in [1.29, 1.82) is 5.26 Å². The molecule has 0 fully saturated rings. The molecule has 0 aromatic heterocycles. The zero-order valence-corrected chi connectivity index (χ0v) is 9.75. The first-order valence-corrected chi connectivity index (χ1v) is 5.44. The van der Waals surface area contributed by atoms with E-state index in [1.807, 2.05) is 6.07 Å². The summed E-state index contributed by atoms with van der Waals surface area (Å²) < 4.78 is 9.66. The Labute approximate surface area is 104 Å². The summed E-state index contributed by atoms with van der Waals surface area (Å²) in [5, 5.41) is 9.04. The smallest absolute Gasteiger partial charge is 0.329 e. The summed E-state index contributed by atoms with van der Waals surface area (Å²) in [7, 11) is 1.27. The van der Waals surface area contributed by atoms with E-state index >= 15 is 0 Å². The van der Waals surface area contributed by atoms with Crippen molar-refractivity contribution >= 4 is 11.9 Å². The van der Waals surface area contributed by atoms with Gasteiger partial charge in [0.05, 0.1) is 19.6 Å². The lowest BCUT2D eigenvalue weighted by atomic mass is 9.82. The molecule has 0 spiro atoms. The van der Waals surface area contributed by atoms with E-state index in [0.717, 1.165) is 0 Å². The lowest BCUT2D eigenvalue weighted by Crippen LogP contribution is -2.32. The monoisotopic (exact) mass is 245 g/mol. The second-order valence-corrected chi connectivity index (χ2v) is 3.95. The fourth-order valence-corrected chi connectivity index (χ4v) is 2.03. The van der Waals surface area contributed by atoms with Crippen LogP contribution in [0.3, 0.4) is 0 Å². The van der Waals surface area contributed by atoms with Gasteiger partial charge in [0, 0.05) is 11.5 Å². The third-order valence-electron chi connectivity index (χ3n) is 2.94. The first-order valence-electron chi connectivity index (χ1n) is 5.44. The van der Waals surface area contributed by atoms with Crippen LogP contribution < -0.4 is 4.74 Å². The number of hydrogen-bond acceptors (Lipinski definition) is 5. The van der Waals surface area contributed by atoms with Crippen LogP contribution in [0.25, 0.3) is 0 Å². The molecule has 1 aliphatic rings. The highest BCUT2D eigenvalue weighted by Gasteiger charge is 2.39. The fraction of sp³-hybridized carbons (Fsp3) is 0.308. The Hall–Kier alpha value is -2.35. The summed E-state index contributed by atoms with van der Waals surface area (Å²) in [5.74, 6) is -2.16. The fourth-order valence-electron chi connectivity index (χ4n) is 2.03. The largest absolute Gasteiger partial charge is 0.469 e. The Balaban J connectivity index is 2.41. The molecular weight excluding hydrogens is 234 g/mol. The van der Waals surface area contributed by atoms with Gasteiger partial charge < -0.3 is 9.47 Å². The lowest BCUT2D eigenvalue weighted by Gasteiger charge is -2.27. The molecule has 18 heavy (non-hydrogen) atoms. The maximum absolute atomic E-state index is 11.7. The van der Waals surface area contributed by atoms with Gasteiger partial charge in [-0.15, -0.1) is 0 Å². The highest BCUT2D eigenvalue weighted by atomic mass is 16.5. The average molecular weight is 245 g/mol. The molecule has 0 saturated carbocycles. The number of hydrogen-bond donors (Lipinski definition) is 0. The molecule has 1 heterocycles. The SMILES string of the molecule is COC(=O)CC1c2ccccc2OC(=O)C1C#N. The van der Waals surface area contributed by atoms with Gasteiger partial charge in [0.1, 0.15) is 5.75 Å². The van der Waals surface area contributed by atoms with Crippen molar-refractivity contribution < 1.29 is 19.1 Å². The molecular formula is C13H11NO4. The molecule has 2 unspecified atom stereocenters. The number of para-hydroxylation sites is 1. The second-order valence-electron chi connectivity index (χ2n) is 3.95. The van der Waals surface area contributed by atoms with Crippen LogP contribution in [0.5, 0.6) is 5.75 Å². The van der Waals surface area contributed by atoms with E-state index in [0.29, 0.717) is 11.3 Å². The van der Waals surface area contributed by atoms with E-state index in [1.165, 1.54) is 7.11 Å². The summed E-state index contributed by atoms with van der Waals surface area (Å²) in [6.45, 7) is 0. The van der Waals surface area contributed by atoms with Gasteiger partial charge >= 0.3 is 11.9 Å². The summed E-state index contributed by atoms with van der Waals surface area (Å²) in [4.78, 5) is 23.0. The normalized spacial score (nSPS) is 21.4. The maximum atomic E-state index is 11.7. The van der Waals surface area contributed by atoms with Crippen molar-refractivity contribution in [1.82, 2.24) is 0 Å². The van der Waals surface area contributed by atoms with Crippen molar-refractivity contribution in [2.24, 2.45) is 5.92 Å². The van der Waals surface area contributed by atoms with Crippen molar-refractivity contribution in [3.63, 3.8) is 0 Å². The predicted octanol–water partition coefficient (Wildman–Crippen LogP) is 1.39. The molecule has 1 aliphatic heterocycles. The Morgan fingerprint density at radius 3 is 2.89 bits per heavy atom. The quantitative estimate of drug-likeness (QED) is 0.581. The summed E-state index contributed by atoms with van der Waals surface area (Å²) in [6.07, 6.45) is -0.0131. The van der Waals surface area contributed by atoms with E-state index in [9.17, 15) is 9.59 Å². The van der Waals surface area contributed by atoms with Gasteiger partial charge in [0.25, 0.3) is 0 Å². The Bertz CT molecular complexity index is 532. The van der Waals surface area contributed by atoms with Gasteiger partial charge in [-0.2, -0.15) is 5.26 Å². The first kappa shape index (κ1) is 12.1. The van der Waals surface area contributed by atoms with E-state index in [1.54, 1.807) is 24.3 Å². The number of benzene rings is 1. The summed E-state index contributed by atoms with van der Waals surface area (Å²) in [6, 6.07) is 8.79. The van der Waals surface area contributed by atoms with Gasteiger partial charge in [-0.1, -0.05) is 18.2 Å². The molecule has 0 radical (unpaired) electrons. The number of fused-ring (bicyclic) bond motifs is 1. The zero-order chi connectivity index (χ0) is 13.1. The number of methoxy groups -OCH3 is 1. The predicted molar refractivity (Wildman–Crippen MR) is 60.6 cm³/mol. The molecule has 5 heteroatoms. The average Bonchev–Trinajstić information content (AvgIpc) is 2.38. The van der Waals surface area contributed by atoms with Crippen LogP contribution in [0.2, 0.25) is 0 Å².